The van der Waals surface area contributed by atoms with Crippen LogP contribution in [0.2, 0.25) is 0 Å². The fourth-order valence-electron chi connectivity index (χ4n) is 1.86. The molecule has 0 heterocycles. The number of hydrogen-bond acceptors (Lipinski definition) is 3. The first-order valence-corrected chi connectivity index (χ1v) is 5.54. The van der Waals surface area contributed by atoms with Crippen LogP contribution >= 0.6 is 0 Å². The number of para-hydroxylation sites is 1. The van der Waals surface area contributed by atoms with Crippen LogP contribution in [0, 0.1) is 5.92 Å². The van der Waals surface area contributed by atoms with Gasteiger partial charge in [-0.1, -0.05) is 25.1 Å². The molecule has 3 heteroatoms. The van der Waals surface area contributed by atoms with Gasteiger partial charge in [-0.15, -0.1) is 0 Å². The second kappa shape index (κ2) is 4.84. The van der Waals surface area contributed by atoms with E-state index in [9.17, 15) is 4.79 Å². The average molecular weight is 216 g/mol. The van der Waals surface area contributed by atoms with Gasteiger partial charge in [-0.05, 0) is 24.5 Å². The Labute approximate surface area is 95.5 Å². The van der Waals surface area contributed by atoms with Crippen molar-refractivity contribution in [3.8, 4) is 0 Å². The van der Waals surface area contributed by atoms with E-state index in [1.165, 1.54) is 0 Å². The summed E-state index contributed by atoms with van der Waals surface area (Å²) in [6.07, 6.45) is 3.28. The number of carbonyl (C=O) groups is 1. The topological polar surface area (TPSA) is 41.1 Å². The minimum Gasteiger partial charge on any atom is -0.305 e. The first-order chi connectivity index (χ1) is 7.74. The van der Waals surface area contributed by atoms with E-state index in [0.717, 1.165) is 17.8 Å². The molecule has 0 bridgehead atoms. The van der Waals surface area contributed by atoms with Crippen LogP contribution in [0.15, 0.2) is 42.1 Å². The number of allylic oxidation sites excluding steroid dienone is 2. The molecule has 0 saturated heterocycles. The van der Waals surface area contributed by atoms with Crippen molar-refractivity contribution in [3.05, 3.63) is 42.1 Å². The lowest BCUT2D eigenvalue weighted by Crippen LogP contribution is -2.26. The molecular weight excluding hydrogens is 200 g/mol. The van der Waals surface area contributed by atoms with Crippen molar-refractivity contribution in [1.29, 1.82) is 0 Å². The summed E-state index contributed by atoms with van der Waals surface area (Å²) in [5.74, 6) is 0.633. The number of nitrogens with one attached hydrogen (secondary N) is 2. The number of ketones is 1. The molecule has 2 N–H and O–H groups in total. The van der Waals surface area contributed by atoms with Crippen LogP contribution in [0.25, 0.3) is 0 Å². The van der Waals surface area contributed by atoms with Gasteiger partial charge in [0.1, 0.15) is 0 Å². The van der Waals surface area contributed by atoms with E-state index < -0.39 is 0 Å². The van der Waals surface area contributed by atoms with E-state index >= 15 is 0 Å². The van der Waals surface area contributed by atoms with Crippen molar-refractivity contribution in [2.75, 3.05) is 5.43 Å². The predicted molar refractivity (Wildman–Crippen MR) is 64.7 cm³/mol. The van der Waals surface area contributed by atoms with Crippen molar-refractivity contribution in [1.82, 2.24) is 5.43 Å². The van der Waals surface area contributed by atoms with Crippen LogP contribution in [-0.4, -0.2) is 5.78 Å². The zero-order chi connectivity index (χ0) is 11.4. The molecule has 2 rings (SSSR count). The van der Waals surface area contributed by atoms with Gasteiger partial charge in [0.05, 0.1) is 5.69 Å². The summed E-state index contributed by atoms with van der Waals surface area (Å²) in [4.78, 5) is 11.4. The van der Waals surface area contributed by atoms with Crippen LogP contribution in [0.3, 0.4) is 0 Å². The van der Waals surface area contributed by atoms with Gasteiger partial charge in [0, 0.05) is 18.2 Å². The standard InChI is InChI=1S/C13H16N2O/c1-10-7-12(9-13(16)8-10)15-14-11-5-3-2-4-6-11/h2-6,9-10,14-15H,7-8H2,1H3. The minimum absolute atomic E-state index is 0.205. The molecule has 0 spiro atoms. The molecular formula is C13H16N2O. The van der Waals surface area contributed by atoms with E-state index in [-0.39, 0.29) is 5.78 Å². The lowest BCUT2D eigenvalue weighted by molar-refractivity contribution is -0.115. The molecule has 1 aromatic rings. The molecule has 84 valence electrons. The number of hydrogen-bond donors (Lipinski definition) is 2. The maximum atomic E-state index is 11.4. The number of hydrazine groups is 1. The van der Waals surface area contributed by atoms with Crippen molar-refractivity contribution >= 4 is 11.5 Å². The highest BCUT2D eigenvalue weighted by molar-refractivity contribution is 5.91. The lowest BCUT2D eigenvalue weighted by atomic mass is 9.93. The summed E-state index contributed by atoms with van der Waals surface area (Å²) in [5.41, 5.74) is 8.13. The molecule has 1 aliphatic carbocycles. The smallest absolute Gasteiger partial charge is 0.157 e. The molecule has 1 aromatic carbocycles. The number of anilines is 1. The van der Waals surface area contributed by atoms with Crippen molar-refractivity contribution in [2.45, 2.75) is 19.8 Å². The second-order valence-electron chi connectivity index (χ2n) is 4.27. The molecule has 0 radical (unpaired) electrons. The monoisotopic (exact) mass is 216 g/mol. The fourth-order valence-corrected chi connectivity index (χ4v) is 1.86. The average Bonchev–Trinajstić information content (AvgIpc) is 2.27. The quantitative estimate of drug-likeness (QED) is 0.763. The van der Waals surface area contributed by atoms with Crippen molar-refractivity contribution < 1.29 is 4.79 Å². The normalized spacial score (nSPS) is 20.2. The van der Waals surface area contributed by atoms with Crippen LogP contribution < -0.4 is 10.9 Å². The fraction of sp³-hybridized carbons (Fsp3) is 0.308. The zero-order valence-corrected chi connectivity index (χ0v) is 9.36. The number of carbonyl (C=O) groups excluding carboxylic acids is 1. The Hall–Kier alpha value is -1.77. The summed E-state index contributed by atoms with van der Waals surface area (Å²) in [7, 11) is 0. The minimum atomic E-state index is 0.205. The Kier molecular flexibility index (Phi) is 3.25. The molecule has 0 saturated carbocycles. The molecule has 16 heavy (non-hydrogen) atoms. The Morgan fingerprint density at radius 2 is 1.88 bits per heavy atom. The lowest BCUT2D eigenvalue weighted by Gasteiger charge is -2.20. The Bertz CT molecular complexity index is 398. The van der Waals surface area contributed by atoms with E-state index in [1.54, 1.807) is 6.08 Å². The Morgan fingerprint density at radius 3 is 2.56 bits per heavy atom. The van der Waals surface area contributed by atoms with E-state index in [1.807, 2.05) is 30.3 Å². The van der Waals surface area contributed by atoms with Gasteiger partial charge < -0.3 is 10.9 Å². The molecule has 0 amide bonds. The third-order valence-corrected chi connectivity index (χ3v) is 2.59. The maximum Gasteiger partial charge on any atom is 0.157 e. The Balaban J connectivity index is 1.93. The van der Waals surface area contributed by atoms with Gasteiger partial charge in [0.15, 0.2) is 5.78 Å². The second-order valence-corrected chi connectivity index (χ2v) is 4.27. The summed E-state index contributed by atoms with van der Waals surface area (Å²) in [6.45, 7) is 2.09. The molecule has 0 aromatic heterocycles. The van der Waals surface area contributed by atoms with Crippen LogP contribution in [0.1, 0.15) is 19.8 Å². The molecule has 0 fully saturated rings. The molecule has 3 nitrogen and oxygen atoms in total. The largest absolute Gasteiger partial charge is 0.305 e. The summed E-state index contributed by atoms with van der Waals surface area (Å²) >= 11 is 0. The predicted octanol–water partition coefficient (Wildman–Crippen LogP) is 2.49. The summed E-state index contributed by atoms with van der Waals surface area (Å²) < 4.78 is 0. The van der Waals surface area contributed by atoms with Crippen molar-refractivity contribution in [3.63, 3.8) is 0 Å². The van der Waals surface area contributed by atoms with Gasteiger partial charge in [-0.2, -0.15) is 0 Å². The van der Waals surface area contributed by atoms with Gasteiger partial charge in [0.25, 0.3) is 0 Å². The summed E-state index contributed by atoms with van der Waals surface area (Å²) in [5, 5.41) is 0. The van der Waals surface area contributed by atoms with Gasteiger partial charge in [0.2, 0.25) is 0 Å². The first-order valence-electron chi connectivity index (χ1n) is 5.54. The SMILES string of the molecule is CC1CC(=O)C=C(NNc2ccccc2)C1. The van der Waals surface area contributed by atoms with Crippen LogP contribution in [-0.2, 0) is 4.79 Å². The molecule has 1 aliphatic rings. The van der Waals surface area contributed by atoms with Crippen LogP contribution in [0.4, 0.5) is 5.69 Å². The first kappa shape index (κ1) is 10.7. The van der Waals surface area contributed by atoms with E-state index in [0.29, 0.717) is 12.3 Å². The maximum absolute atomic E-state index is 11.4. The zero-order valence-electron chi connectivity index (χ0n) is 9.36. The number of benzene rings is 1. The third kappa shape index (κ3) is 2.86. The van der Waals surface area contributed by atoms with E-state index in [4.69, 9.17) is 0 Å². The van der Waals surface area contributed by atoms with Gasteiger partial charge in [-0.3, -0.25) is 4.79 Å². The van der Waals surface area contributed by atoms with Crippen LogP contribution in [0.5, 0.6) is 0 Å². The highest BCUT2D eigenvalue weighted by atomic mass is 16.1. The highest BCUT2D eigenvalue weighted by Crippen LogP contribution is 2.19. The molecule has 1 atom stereocenters. The molecule has 0 aliphatic heterocycles. The van der Waals surface area contributed by atoms with Crippen molar-refractivity contribution in [2.24, 2.45) is 5.92 Å². The molecule has 1 unspecified atom stereocenters. The highest BCUT2D eigenvalue weighted by Gasteiger charge is 2.16. The summed E-state index contributed by atoms with van der Waals surface area (Å²) in [6, 6.07) is 9.85. The van der Waals surface area contributed by atoms with Gasteiger partial charge in [-0.25, -0.2) is 0 Å². The Morgan fingerprint density at radius 1 is 1.12 bits per heavy atom. The number of rotatable bonds is 3. The third-order valence-electron chi connectivity index (χ3n) is 2.59. The van der Waals surface area contributed by atoms with Gasteiger partial charge >= 0.3 is 0 Å². The van der Waals surface area contributed by atoms with E-state index in [2.05, 4.69) is 17.8 Å².